The van der Waals surface area contributed by atoms with E-state index in [-0.39, 0.29) is 5.01 Å². The van der Waals surface area contributed by atoms with Gasteiger partial charge in [0.25, 0.3) is 0 Å². The number of hydrogen-bond acceptors (Lipinski definition) is 4. The van der Waals surface area contributed by atoms with Gasteiger partial charge in [-0.25, -0.2) is 9.78 Å². The van der Waals surface area contributed by atoms with Gasteiger partial charge in [0.2, 0.25) is 5.01 Å². The first-order valence-corrected chi connectivity index (χ1v) is 7.00. The number of aromatic nitrogens is 1. The molecule has 2 fully saturated rings. The predicted octanol–water partition coefficient (Wildman–Crippen LogP) is 2.07. The van der Waals surface area contributed by atoms with Crippen LogP contribution < -0.4 is 0 Å². The minimum atomic E-state index is -0.917. The lowest BCUT2D eigenvalue weighted by Gasteiger charge is -2.14. The molecule has 0 spiro atoms. The van der Waals surface area contributed by atoms with Gasteiger partial charge in [-0.2, -0.15) is 0 Å². The van der Waals surface area contributed by atoms with Crippen molar-refractivity contribution in [2.75, 3.05) is 13.1 Å². The second-order valence-electron chi connectivity index (χ2n) is 5.09. The first-order chi connectivity index (χ1) is 8.22. The Hall–Kier alpha value is -0.940. The molecule has 1 aromatic rings. The number of thiazole rings is 1. The van der Waals surface area contributed by atoms with E-state index >= 15 is 0 Å². The van der Waals surface area contributed by atoms with Crippen LogP contribution in [0.5, 0.6) is 0 Å². The van der Waals surface area contributed by atoms with E-state index in [1.807, 2.05) is 5.38 Å². The van der Waals surface area contributed by atoms with Gasteiger partial charge in [-0.3, -0.25) is 4.90 Å². The second kappa shape index (κ2) is 4.38. The number of carboxylic acids is 1. The lowest BCUT2D eigenvalue weighted by Crippen LogP contribution is -2.21. The van der Waals surface area contributed by atoms with Crippen LogP contribution in [0.2, 0.25) is 0 Å². The Morgan fingerprint density at radius 3 is 2.76 bits per heavy atom. The molecule has 4 nitrogen and oxygen atoms in total. The van der Waals surface area contributed by atoms with E-state index in [4.69, 9.17) is 5.11 Å². The van der Waals surface area contributed by atoms with Gasteiger partial charge in [-0.15, -0.1) is 11.3 Å². The summed E-state index contributed by atoms with van der Waals surface area (Å²) in [5.41, 5.74) is 0.910. The number of carboxylic acid groups (broad SMARTS) is 1. The fourth-order valence-electron chi connectivity index (χ4n) is 3.17. The highest BCUT2D eigenvalue weighted by Crippen LogP contribution is 2.38. The van der Waals surface area contributed by atoms with E-state index in [0.29, 0.717) is 0 Å². The second-order valence-corrected chi connectivity index (χ2v) is 5.95. The van der Waals surface area contributed by atoms with E-state index in [1.54, 1.807) is 0 Å². The molecule has 92 valence electrons. The standard InChI is InChI=1S/C12H16N2O2S/c15-12(16)11-13-10(7-17-11)6-14-4-8-2-1-3-9(8)5-14/h7-9H,1-6H2,(H,15,16). The van der Waals surface area contributed by atoms with Crippen LogP contribution in [0.15, 0.2) is 5.38 Å². The Balaban J connectivity index is 1.61. The molecule has 1 saturated carbocycles. The maximum Gasteiger partial charge on any atom is 0.365 e. The maximum atomic E-state index is 10.7. The molecule has 0 bridgehead atoms. The largest absolute Gasteiger partial charge is 0.476 e. The molecule has 3 rings (SSSR count). The van der Waals surface area contributed by atoms with Gasteiger partial charge in [-0.05, 0) is 24.7 Å². The molecule has 2 atom stereocenters. The average molecular weight is 252 g/mol. The van der Waals surface area contributed by atoms with Crippen molar-refractivity contribution in [3.8, 4) is 0 Å². The van der Waals surface area contributed by atoms with Crippen LogP contribution in [-0.4, -0.2) is 34.0 Å². The van der Waals surface area contributed by atoms with Gasteiger partial charge in [0.15, 0.2) is 0 Å². The number of fused-ring (bicyclic) bond motifs is 1. The van der Waals surface area contributed by atoms with Crippen molar-refractivity contribution < 1.29 is 9.90 Å². The highest BCUT2D eigenvalue weighted by Gasteiger charge is 2.35. The van der Waals surface area contributed by atoms with Crippen LogP contribution in [0, 0.1) is 11.8 Å². The number of rotatable bonds is 3. The van der Waals surface area contributed by atoms with Crippen molar-refractivity contribution in [1.82, 2.24) is 9.88 Å². The number of likely N-dealkylation sites (tertiary alicyclic amines) is 1. The molecule has 1 aliphatic heterocycles. The minimum Gasteiger partial charge on any atom is -0.476 e. The average Bonchev–Trinajstić information content (AvgIpc) is 2.91. The quantitative estimate of drug-likeness (QED) is 0.894. The Morgan fingerprint density at radius 1 is 1.47 bits per heavy atom. The highest BCUT2D eigenvalue weighted by atomic mass is 32.1. The van der Waals surface area contributed by atoms with Crippen LogP contribution in [0.25, 0.3) is 0 Å². The van der Waals surface area contributed by atoms with Crippen molar-refractivity contribution >= 4 is 17.3 Å². The number of hydrogen-bond donors (Lipinski definition) is 1. The zero-order valence-electron chi connectivity index (χ0n) is 9.63. The Bertz CT molecular complexity index is 420. The van der Waals surface area contributed by atoms with E-state index in [0.717, 1.165) is 24.1 Å². The summed E-state index contributed by atoms with van der Waals surface area (Å²) in [5.74, 6) is 0.847. The van der Waals surface area contributed by atoms with Gasteiger partial charge in [-0.1, -0.05) is 6.42 Å². The summed E-state index contributed by atoms with van der Waals surface area (Å²) in [5, 5.41) is 10.9. The molecular weight excluding hydrogens is 236 g/mol. The number of carbonyl (C=O) groups is 1. The fourth-order valence-corrected chi connectivity index (χ4v) is 3.81. The summed E-state index contributed by atoms with van der Waals surface area (Å²) >= 11 is 1.23. The van der Waals surface area contributed by atoms with Crippen molar-refractivity contribution in [1.29, 1.82) is 0 Å². The summed E-state index contributed by atoms with van der Waals surface area (Å²) in [7, 11) is 0. The van der Waals surface area contributed by atoms with E-state index in [2.05, 4.69) is 9.88 Å². The van der Waals surface area contributed by atoms with Crippen LogP contribution in [0.1, 0.15) is 34.8 Å². The Morgan fingerprint density at radius 2 is 2.18 bits per heavy atom. The van der Waals surface area contributed by atoms with Crippen molar-refractivity contribution in [3.05, 3.63) is 16.1 Å². The van der Waals surface area contributed by atoms with E-state index < -0.39 is 5.97 Å². The number of aromatic carboxylic acids is 1. The van der Waals surface area contributed by atoms with Gasteiger partial charge >= 0.3 is 5.97 Å². The molecule has 2 aliphatic rings. The number of nitrogens with zero attached hydrogens (tertiary/aromatic N) is 2. The molecule has 2 unspecified atom stereocenters. The molecule has 0 aromatic carbocycles. The van der Waals surface area contributed by atoms with Gasteiger partial charge < -0.3 is 5.11 Å². The zero-order valence-corrected chi connectivity index (χ0v) is 10.4. The van der Waals surface area contributed by atoms with Gasteiger partial charge in [0.05, 0.1) is 5.69 Å². The molecule has 0 radical (unpaired) electrons. The summed E-state index contributed by atoms with van der Waals surface area (Å²) < 4.78 is 0. The molecule has 1 aliphatic carbocycles. The minimum absolute atomic E-state index is 0.208. The van der Waals surface area contributed by atoms with Crippen LogP contribution in [0.3, 0.4) is 0 Å². The molecule has 5 heteroatoms. The normalized spacial score (nSPS) is 28.5. The molecule has 1 saturated heterocycles. The predicted molar refractivity (Wildman–Crippen MR) is 65.2 cm³/mol. The third kappa shape index (κ3) is 2.21. The monoisotopic (exact) mass is 252 g/mol. The van der Waals surface area contributed by atoms with E-state index in [1.165, 1.54) is 43.7 Å². The van der Waals surface area contributed by atoms with Crippen molar-refractivity contribution in [2.24, 2.45) is 11.8 Å². The Labute approximate surface area is 104 Å². The molecule has 17 heavy (non-hydrogen) atoms. The lowest BCUT2D eigenvalue weighted by molar-refractivity contribution is 0.0696. The van der Waals surface area contributed by atoms with Gasteiger partial charge in [0, 0.05) is 25.0 Å². The maximum absolute atomic E-state index is 10.7. The zero-order chi connectivity index (χ0) is 11.8. The first kappa shape index (κ1) is 11.2. The van der Waals surface area contributed by atoms with Crippen LogP contribution in [0.4, 0.5) is 0 Å². The topological polar surface area (TPSA) is 53.4 Å². The third-order valence-corrected chi connectivity index (χ3v) is 4.80. The molecular formula is C12H16N2O2S. The molecule has 2 heterocycles. The highest BCUT2D eigenvalue weighted by molar-refractivity contribution is 7.11. The van der Waals surface area contributed by atoms with Crippen molar-refractivity contribution in [3.63, 3.8) is 0 Å². The molecule has 1 N–H and O–H groups in total. The smallest absolute Gasteiger partial charge is 0.365 e. The summed E-state index contributed by atoms with van der Waals surface area (Å²) in [6.07, 6.45) is 4.14. The summed E-state index contributed by atoms with van der Waals surface area (Å²) in [6, 6.07) is 0. The first-order valence-electron chi connectivity index (χ1n) is 6.12. The fraction of sp³-hybridized carbons (Fsp3) is 0.667. The molecule has 0 amide bonds. The SMILES string of the molecule is O=C(O)c1nc(CN2CC3CCCC3C2)cs1. The summed E-state index contributed by atoms with van der Waals surface area (Å²) in [4.78, 5) is 17.3. The van der Waals surface area contributed by atoms with Crippen molar-refractivity contribution in [2.45, 2.75) is 25.8 Å². The lowest BCUT2D eigenvalue weighted by atomic mass is 10.0. The molecule has 1 aromatic heterocycles. The van der Waals surface area contributed by atoms with Crippen LogP contribution in [-0.2, 0) is 6.54 Å². The van der Waals surface area contributed by atoms with E-state index in [9.17, 15) is 4.79 Å². The van der Waals surface area contributed by atoms with Crippen LogP contribution >= 0.6 is 11.3 Å². The third-order valence-electron chi connectivity index (χ3n) is 3.92. The Kier molecular flexibility index (Phi) is 2.88. The summed E-state index contributed by atoms with van der Waals surface area (Å²) in [6.45, 7) is 3.16. The van der Waals surface area contributed by atoms with Gasteiger partial charge in [0.1, 0.15) is 0 Å².